The number of aromatic nitrogens is 4. The number of ether oxygens (including phenoxy) is 1. The predicted molar refractivity (Wildman–Crippen MR) is 110 cm³/mol. The topological polar surface area (TPSA) is 44.9 Å². The van der Waals surface area contributed by atoms with Gasteiger partial charge in [0.1, 0.15) is 18.2 Å². The van der Waals surface area contributed by atoms with Crippen LogP contribution in [0.1, 0.15) is 37.7 Å². The highest BCUT2D eigenvalue weighted by atomic mass is 28.3. The quantitative estimate of drug-likeness (QED) is 0.361. The Morgan fingerprint density at radius 1 is 1.14 bits per heavy atom. The Morgan fingerprint density at radius 3 is 2.54 bits per heavy atom. The molecule has 0 aliphatic heterocycles. The van der Waals surface area contributed by atoms with E-state index in [4.69, 9.17) is 4.74 Å². The first-order chi connectivity index (χ1) is 13.1. The lowest BCUT2D eigenvalue weighted by molar-refractivity contribution is 0.0791. The van der Waals surface area contributed by atoms with Crippen molar-refractivity contribution in [3.05, 3.63) is 42.1 Å². The largest absolute Gasteiger partial charge is 0.360 e. The van der Waals surface area contributed by atoms with Crippen molar-refractivity contribution in [1.82, 2.24) is 19.3 Å². The van der Waals surface area contributed by atoms with Crippen molar-refractivity contribution >= 4 is 19.0 Å². The van der Waals surface area contributed by atoms with E-state index in [0.717, 1.165) is 29.2 Å². The first-order valence-corrected chi connectivity index (χ1v) is 13.3. The van der Waals surface area contributed by atoms with Gasteiger partial charge in [0.2, 0.25) is 0 Å². The van der Waals surface area contributed by atoms with Gasteiger partial charge >= 0.3 is 0 Å². The second kappa shape index (κ2) is 8.12. The number of fused-ring (bicyclic) bond motifs is 1. The van der Waals surface area contributed by atoms with E-state index in [9.17, 15) is 8.78 Å². The third-order valence-corrected chi connectivity index (χ3v) is 6.23. The Labute approximate surface area is 165 Å². The minimum Gasteiger partial charge on any atom is -0.360 e. The second-order valence-corrected chi connectivity index (χ2v) is 14.2. The lowest BCUT2D eigenvalue weighted by atomic mass is 10.2. The van der Waals surface area contributed by atoms with Gasteiger partial charge in [0.15, 0.2) is 0 Å². The molecule has 2 aromatic heterocycles. The number of benzene rings is 1. The molecule has 28 heavy (non-hydrogen) atoms. The lowest BCUT2D eigenvalue weighted by Gasteiger charge is -2.15. The van der Waals surface area contributed by atoms with Gasteiger partial charge in [-0.05, 0) is 24.2 Å². The molecular weight excluding hydrogens is 378 g/mol. The molecule has 0 atom stereocenters. The number of hydrogen-bond acceptors (Lipinski definition) is 3. The third kappa shape index (κ3) is 4.85. The summed E-state index contributed by atoms with van der Waals surface area (Å²) in [6, 6.07) is 6.84. The zero-order chi connectivity index (χ0) is 20.5. The zero-order valence-corrected chi connectivity index (χ0v) is 18.1. The summed E-state index contributed by atoms with van der Waals surface area (Å²) in [7, 11) is -1.11. The Morgan fingerprint density at radius 2 is 1.89 bits per heavy atom. The van der Waals surface area contributed by atoms with Gasteiger partial charge in [0.05, 0.1) is 5.52 Å². The molecule has 0 N–H and O–H groups in total. The summed E-state index contributed by atoms with van der Waals surface area (Å²) < 4.78 is 35.5. The molecular formula is C20H28F2N4OSi. The molecule has 2 heterocycles. The first-order valence-electron chi connectivity index (χ1n) is 9.57. The average molecular weight is 407 g/mol. The fourth-order valence-electron chi connectivity index (χ4n) is 2.95. The van der Waals surface area contributed by atoms with Crippen molar-refractivity contribution in [2.75, 3.05) is 6.61 Å². The van der Waals surface area contributed by atoms with E-state index in [1.807, 2.05) is 38.2 Å². The Balaban J connectivity index is 1.81. The van der Waals surface area contributed by atoms with Crippen LogP contribution in [0.3, 0.4) is 0 Å². The van der Waals surface area contributed by atoms with E-state index in [-0.39, 0.29) is 11.6 Å². The minimum absolute atomic E-state index is 0.0330. The molecule has 8 heteroatoms. The summed E-state index contributed by atoms with van der Waals surface area (Å²) in [4.78, 5) is 4.12. The van der Waals surface area contributed by atoms with E-state index in [1.165, 1.54) is 6.20 Å². The molecule has 0 aliphatic carbocycles. The molecule has 3 rings (SSSR count). The highest BCUT2D eigenvalue weighted by Crippen LogP contribution is 2.26. The summed E-state index contributed by atoms with van der Waals surface area (Å²) in [6.07, 6.45) is 0.761. The molecule has 0 saturated carbocycles. The van der Waals surface area contributed by atoms with Crippen molar-refractivity contribution in [2.45, 2.75) is 58.6 Å². The molecule has 0 spiro atoms. The van der Waals surface area contributed by atoms with Crippen LogP contribution in [0, 0.1) is 0 Å². The van der Waals surface area contributed by atoms with E-state index < -0.39 is 14.5 Å². The minimum atomic E-state index is -2.58. The van der Waals surface area contributed by atoms with Crippen molar-refractivity contribution in [3.63, 3.8) is 0 Å². The maximum absolute atomic E-state index is 13.1. The summed E-state index contributed by atoms with van der Waals surface area (Å²) in [5.74, 6) is 0.655. The molecule has 0 radical (unpaired) electrons. The van der Waals surface area contributed by atoms with Crippen LogP contribution >= 0.6 is 0 Å². The molecule has 0 aliphatic rings. The molecule has 5 nitrogen and oxygen atoms in total. The average Bonchev–Trinajstić information content (AvgIpc) is 3.21. The van der Waals surface area contributed by atoms with Gasteiger partial charge in [-0.3, -0.25) is 0 Å². The number of alkyl halides is 2. The molecule has 152 valence electrons. The van der Waals surface area contributed by atoms with Crippen molar-refractivity contribution in [2.24, 2.45) is 0 Å². The lowest BCUT2D eigenvalue weighted by Crippen LogP contribution is -2.22. The van der Waals surface area contributed by atoms with Gasteiger partial charge < -0.3 is 9.30 Å². The van der Waals surface area contributed by atoms with E-state index in [2.05, 4.69) is 29.7 Å². The van der Waals surface area contributed by atoms with Crippen LogP contribution in [0.2, 0.25) is 25.7 Å². The first kappa shape index (κ1) is 20.7. The van der Waals surface area contributed by atoms with Gasteiger partial charge in [-0.2, -0.15) is 5.10 Å². The van der Waals surface area contributed by atoms with Gasteiger partial charge in [-0.1, -0.05) is 33.5 Å². The van der Waals surface area contributed by atoms with Crippen LogP contribution < -0.4 is 0 Å². The molecule has 0 unspecified atom stereocenters. The van der Waals surface area contributed by atoms with E-state index in [0.29, 0.717) is 12.6 Å². The van der Waals surface area contributed by atoms with Crippen LogP contribution in [-0.2, 0) is 11.5 Å². The smallest absolute Gasteiger partial charge is 0.281 e. The molecule has 1 aromatic carbocycles. The molecule has 0 saturated heterocycles. The molecule has 0 bridgehead atoms. The number of rotatable bonds is 8. The summed E-state index contributed by atoms with van der Waals surface area (Å²) in [5.41, 5.74) is 1.45. The summed E-state index contributed by atoms with van der Waals surface area (Å²) in [5, 5.41) is 5.47. The van der Waals surface area contributed by atoms with Gasteiger partial charge in [0, 0.05) is 44.1 Å². The van der Waals surface area contributed by atoms with Crippen LogP contribution in [0.5, 0.6) is 0 Å². The fourth-order valence-corrected chi connectivity index (χ4v) is 3.71. The maximum atomic E-state index is 13.1. The molecule has 0 amide bonds. The summed E-state index contributed by atoms with van der Waals surface area (Å²) in [6.45, 7) is 12.0. The van der Waals surface area contributed by atoms with Crippen LogP contribution in [0.25, 0.3) is 16.6 Å². The third-order valence-electron chi connectivity index (χ3n) is 4.53. The highest BCUT2D eigenvalue weighted by molar-refractivity contribution is 6.76. The monoisotopic (exact) mass is 406 g/mol. The zero-order valence-electron chi connectivity index (χ0n) is 17.1. The second-order valence-electron chi connectivity index (χ2n) is 8.61. The van der Waals surface area contributed by atoms with Crippen molar-refractivity contribution < 1.29 is 13.5 Å². The van der Waals surface area contributed by atoms with Gasteiger partial charge in [-0.15, -0.1) is 0 Å². The summed E-state index contributed by atoms with van der Waals surface area (Å²) >= 11 is 0. The highest BCUT2D eigenvalue weighted by Gasteiger charge is 2.18. The number of nitrogens with zero attached hydrogens (tertiary/aromatic N) is 4. The van der Waals surface area contributed by atoms with Crippen molar-refractivity contribution in [1.29, 1.82) is 0 Å². The number of imidazole rings is 1. The molecule has 0 fully saturated rings. The van der Waals surface area contributed by atoms with Crippen molar-refractivity contribution in [3.8, 4) is 5.69 Å². The molecule has 3 aromatic rings. The van der Waals surface area contributed by atoms with Gasteiger partial charge in [-0.25, -0.2) is 18.4 Å². The van der Waals surface area contributed by atoms with E-state index >= 15 is 0 Å². The van der Waals surface area contributed by atoms with E-state index in [1.54, 1.807) is 9.25 Å². The van der Waals surface area contributed by atoms with Crippen LogP contribution in [0.4, 0.5) is 8.78 Å². The normalized spacial score (nSPS) is 12.6. The Kier molecular flexibility index (Phi) is 6.00. The SMILES string of the molecule is CC(C)c1nc(C(F)F)cn1-c1ccc2nn(COCC[Si](C)(C)C)cc2c1. The Hall–Kier alpha value is -2.06. The van der Waals surface area contributed by atoms with Crippen LogP contribution in [-0.4, -0.2) is 34.0 Å². The standard InChI is InChI=1S/C20H28F2N4OSi/c1-14(2)20-23-18(19(21)22)12-26(20)16-6-7-17-15(10-16)11-25(24-17)13-27-8-9-28(3,4)5/h6-7,10-12,14,19H,8-9,13H2,1-5H3. The fraction of sp³-hybridized carbons (Fsp3) is 0.500. The Bertz CT molecular complexity index is 943. The van der Waals surface area contributed by atoms with Crippen LogP contribution in [0.15, 0.2) is 30.6 Å². The number of halogens is 2. The van der Waals surface area contributed by atoms with Gasteiger partial charge in [0.25, 0.3) is 6.43 Å². The number of hydrogen-bond donors (Lipinski definition) is 0. The maximum Gasteiger partial charge on any atom is 0.281 e. The predicted octanol–water partition coefficient (Wildman–Crippen LogP) is 5.60.